The lowest BCUT2D eigenvalue weighted by Gasteiger charge is -2.31. The summed E-state index contributed by atoms with van der Waals surface area (Å²) in [6.45, 7) is 5.86. The molecule has 0 aliphatic rings. The monoisotopic (exact) mass is 331 g/mol. The highest BCUT2D eigenvalue weighted by Crippen LogP contribution is 2.15. The van der Waals surface area contributed by atoms with Crippen molar-refractivity contribution in [2.24, 2.45) is 18.7 Å². The van der Waals surface area contributed by atoms with Crippen LogP contribution in [0.2, 0.25) is 0 Å². The maximum absolute atomic E-state index is 12.0. The molecule has 1 atom stereocenters. The summed E-state index contributed by atoms with van der Waals surface area (Å²) in [5, 5.41) is 6.59. The normalized spacial score (nSPS) is 14.8. The van der Waals surface area contributed by atoms with Gasteiger partial charge in [-0.05, 0) is 19.3 Å². The zero-order valence-electron chi connectivity index (χ0n) is 13.5. The Morgan fingerprint density at radius 3 is 2.59 bits per heavy atom. The average Bonchev–Trinajstić information content (AvgIpc) is 2.83. The van der Waals surface area contributed by atoms with E-state index < -0.39 is 21.5 Å². The van der Waals surface area contributed by atoms with Crippen molar-refractivity contribution in [1.29, 1.82) is 0 Å². The molecule has 1 amide bonds. The summed E-state index contributed by atoms with van der Waals surface area (Å²) >= 11 is 0. The molecule has 0 radical (unpaired) electrons. The van der Waals surface area contributed by atoms with E-state index >= 15 is 0 Å². The topological polar surface area (TPSA) is 119 Å². The largest absolute Gasteiger partial charge is 0.349 e. The van der Waals surface area contributed by atoms with Crippen LogP contribution in [0.5, 0.6) is 0 Å². The minimum atomic E-state index is -3.75. The van der Waals surface area contributed by atoms with Crippen LogP contribution in [0.25, 0.3) is 0 Å². The first-order valence-corrected chi connectivity index (χ1v) is 8.56. The molecule has 0 saturated carbocycles. The third-order valence-electron chi connectivity index (χ3n) is 3.16. The van der Waals surface area contributed by atoms with Crippen molar-refractivity contribution in [3.8, 4) is 0 Å². The zero-order valence-corrected chi connectivity index (χ0v) is 14.3. The minimum Gasteiger partial charge on any atom is -0.349 e. The first kappa shape index (κ1) is 18.6. The van der Waals surface area contributed by atoms with Crippen LogP contribution in [0, 0.1) is 5.92 Å². The molecule has 1 aromatic heterocycles. The van der Waals surface area contributed by atoms with E-state index in [1.165, 1.54) is 17.1 Å². The molecule has 1 unspecified atom stereocenters. The van der Waals surface area contributed by atoms with E-state index in [1.807, 2.05) is 20.8 Å². The molecular weight excluding hydrogens is 306 g/mol. The van der Waals surface area contributed by atoms with Gasteiger partial charge in [0, 0.05) is 25.3 Å². The van der Waals surface area contributed by atoms with Crippen LogP contribution in [0.4, 0.5) is 0 Å². The maximum Gasteiger partial charge on any atom is 0.244 e. The molecule has 0 aliphatic heterocycles. The van der Waals surface area contributed by atoms with Crippen molar-refractivity contribution in [3.05, 3.63) is 12.4 Å². The predicted octanol–water partition coefficient (Wildman–Crippen LogP) is -0.422. The highest BCUT2D eigenvalue weighted by Gasteiger charge is 2.26. The van der Waals surface area contributed by atoms with E-state index in [2.05, 4.69) is 15.1 Å². The number of carbonyl (C=O) groups excluding carboxylic acids is 1. The summed E-state index contributed by atoms with van der Waals surface area (Å²) in [6.07, 6.45) is 3.30. The molecular formula is C13H25N5O3S. The number of hydrogen-bond donors (Lipinski definition) is 3. The fraction of sp³-hybridized carbons (Fsp3) is 0.692. The number of carbonyl (C=O) groups is 1. The number of nitrogens with two attached hydrogens (primary N) is 1. The second-order valence-electron chi connectivity index (χ2n) is 6.09. The highest BCUT2D eigenvalue weighted by atomic mass is 32.2. The standard InChI is InChI=1S/C13H25N5O3S/c1-10(2)5-13(3,9-14)17-12(19)7-16-22(20,21)11-6-15-18(4)8-11/h6,8,10,16H,5,7,9,14H2,1-4H3,(H,17,19). The van der Waals surface area contributed by atoms with Gasteiger partial charge in [-0.2, -0.15) is 5.10 Å². The summed E-state index contributed by atoms with van der Waals surface area (Å²) in [6, 6.07) is 0. The van der Waals surface area contributed by atoms with Gasteiger partial charge in [0.25, 0.3) is 0 Å². The highest BCUT2D eigenvalue weighted by molar-refractivity contribution is 7.89. The maximum atomic E-state index is 12.0. The van der Waals surface area contributed by atoms with Crippen molar-refractivity contribution in [3.63, 3.8) is 0 Å². The van der Waals surface area contributed by atoms with Crippen LogP contribution in [-0.4, -0.2) is 42.7 Å². The molecule has 0 spiro atoms. The Labute approximate surface area is 131 Å². The number of sulfonamides is 1. The van der Waals surface area contributed by atoms with Gasteiger partial charge in [0.2, 0.25) is 15.9 Å². The number of aryl methyl sites for hydroxylation is 1. The van der Waals surface area contributed by atoms with Gasteiger partial charge in [-0.15, -0.1) is 0 Å². The van der Waals surface area contributed by atoms with E-state index in [0.717, 1.165) is 0 Å². The second kappa shape index (κ2) is 7.21. The molecule has 4 N–H and O–H groups in total. The first-order valence-electron chi connectivity index (χ1n) is 7.07. The molecule has 0 fully saturated rings. The third kappa shape index (κ3) is 5.39. The molecule has 9 heteroatoms. The van der Waals surface area contributed by atoms with Gasteiger partial charge in [0.15, 0.2) is 0 Å². The molecule has 22 heavy (non-hydrogen) atoms. The van der Waals surface area contributed by atoms with Crippen molar-refractivity contribution in [2.45, 2.75) is 37.6 Å². The molecule has 0 bridgehead atoms. The quantitative estimate of drug-likeness (QED) is 0.597. The van der Waals surface area contributed by atoms with Crippen LogP contribution < -0.4 is 15.8 Å². The Hall–Kier alpha value is -1.45. The number of aromatic nitrogens is 2. The summed E-state index contributed by atoms with van der Waals surface area (Å²) in [5.41, 5.74) is 5.16. The molecule has 0 saturated heterocycles. The number of hydrogen-bond acceptors (Lipinski definition) is 5. The Balaban J connectivity index is 2.62. The Bertz CT molecular complexity index is 611. The molecule has 0 aromatic carbocycles. The van der Waals surface area contributed by atoms with E-state index in [0.29, 0.717) is 12.3 Å². The van der Waals surface area contributed by atoms with Crippen molar-refractivity contribution in [1.82, 2.24) is 19.8 Å². The lowest BCUT2D eigenvalue weighted by molar-refractivity contribution is -0.121. The number of nitrogens with one attached hydrogen (secondary N) is 2. The Morgan fingerprint density at radius 2 is 2.14 bits per heavy atom. The third-order valence-corrected chi connectivity index (χ3v) is 4.52. The fourth-order valence-corrected chi connectivity index (χ4v) is 3.21. The lowest BCUT2D eigenvalue weighted by Crippen LogP contribution is -2.54. The molecule has 1 aromatic rings. The number of rotatable bonds is 8. The molecule has 0 aliphatic carbocycles. The predicted molar refractivity (Wildman–Crippen MR) is 83.5 cm³/mol. The van der Waals surface area contributed by atoms with Gasteiger partial charge < -0.3 is 11.1 Å². The van der Waals surface area contributed by atoms with Gasteiger partial charge in [-0.25, -0.2) is 13.1 Å². The summed E-state index contributed by atoms with van der Waals surface area (Å²) in [7, 11) is -2.13. The van der Waals surface area contributed by atoms with E-state index in [1.54, 1.807) is 7.05 Å². The Morgan fingerprint density at radius 1 is 1.50 bits per heavy atom. The average molecular weight is 331 g/mol. The van der Waals surface area contributed by atoms with Gasteiger partial charge in [-0.1, -0.05) is 13.8 Å². The summed E-state index contributed by atoms with van der Waals surface area (Å²) in [5.74, 6) is -0.0537. The van der Waals surface area contributed by atoms with Crippen LogP contribution in [0.15, 0.2) is 17.3 Å². The zero-order chi connectivity index (χ0) is 17.0. The van der Waals surface area contributed by atoms with Gasteiger partial charge >= 0.3 is 0 Å². The molecule has 1 heterocycles. The minimum absolute atomic E-state index is 0.0200. The summed E-state index contributed by atoms with van der Waals surface area (Å²) < 4.78 is 27.6. The van der Waals surface area contributed by atoms with Crippen molar-refractivity contribution in [2.75, 3.05) is 13.1 Å². The van der Waals surface area contributed by atoms with E-state index in [4.69, 9.17) is 5.73 Å². The molecule has 126 valence electrons. The number of amides is 1. The van der Waals surface area contributed by atoms with Crippen LogP contribution in [-0.2, 0) is 21.9 Å². The van der Waals surface area contributed by atoms with Crippen molar-refractivity contribution < 1.29 is 13.2 Å². The summed E-state index contributed by atoms with van der Waals surface area (Å²) in [4.78, 5) is 12.0. The van der Waals surface area contributed by atoms with Gasteiger partial charge in [0.05, 0.1) is 12.7 Å². The number of nitrogens with zero attached hydrogens (tertiary/aromatic N) is 2. The fourth-order valence-electron chi connectivity index (χ4n) is 2.25. The van der Waals surface area contributed by atoms with Gasteiger partial charge in [0.1, 0.15) is 4.90 Å². The van der Waals surface area contributed by atoms with E-state index in [9.17, 15) is 13.2 Å². The second-order valence-corrected chi connectivity index (χ2v) is 7.85. The Kier molecular flexibility index (Phi) is 6.09. The van der Waals surface area contributed by atoms with Crippen LogP contribution in [0.3, 0.4) is 0 Å². The first-order chi connectivity index (χ1) is 10.1. The van der Waals surface area contributed by atoms with Crippen molar-refractivity contribution >= 4 is 15.9 Å². The van der Waals surface area contributed by atoms with Crippen LogP contribution in [0.1, 0.15) is 27.2 Å². The smallest absolute Gasteiger partial charge is 0.244 e. The lowest BCUT2D eigenvalue weighted by atomic mass is 9.91. The SMILES string of the molecule is CC(C)CC(C)(CN)NC(=O)CNS(=O)(=O)c1cnn(C)c1. The van der Waals surface area contributed by atoms with E-state index in [-0.39, 0.29) is 18.0 Å². The molecule has 1 rings (SSSR count). The van der Waals surface area contributed by atoms with Crippen LogP contribution >= 0.6 is 0 Å². The molecule has 8 nitrogen and oxygen atoms in total. The van der Waals surface area contributed by atoms with Gasteiger partial charge in [-0.3, -0.25) is 9.48 Å².